The van der Waals surface area contributed by atoms with Gasteiger partial charge in [0.1, 0.15) is 5.82 Å². The Morgan fingerprint density at radius 1 is 1.08 bits per heavy atom. The largest absolute Gasteiger partial charge is 0.342 e. The lowest BCUT2D eigenvalue weighted by atomic mass is 9.88. The number of halogens is 1. The van der Waals surface area contributed by atoms with Crippen LogP contribution < -0.4 is 0 Å². The van der Waals surface area contributed by atoms with Gasteiger partial charge < -0.3 is 9.80 Å². The molecule has 3 fully saturated rings. The smallest absolute Gasteiger partial charge is 0.227 e. The Kier molecular flexibility index (Phi) is 4.96. The van der Waals surface area contributed by atoms with Crippen LogP contribution in [0.1, 0.15) is 44.1 Å². The molecule has 0 bridgehead atoms. The molecule has 1 atom stereocenters. The molecule has 1 aliphatic carbocycles. The van der Waals surface area contributed by atoms with Crippen LogP contribution in [0.15, 0.2) is 24.3 Å². The summed E-state index contributed by atoms with van der Waals surface area (Å²) in [7, 11) is 0. The van der Waals surface area contributed by atoms with Gasteiger partial charge in [-0.15, -0.1) is 0 Å². The van der Waals surface area contributed by atoms with Crippen molar-refractivity contribution < 1.29 is 14.0 Å². The Morgan fingerprint density at radius 2 is 1.81 bits per heavy atom. The Morgan fingerprint density at radius 3 is 2.50 bits per heavy atom. The van der Waals surface area contributed by atoms with Gasteiger partial charge in [0, 0.05) is 32.1 Å². The second kappa shape index (κ2) is 7.37. The molecule has 2 amide bonds. The van der Waals surface area contributed by atoms with Gasteiger partial charge in [0.25, 0.3) is 0 Å². The molecule has 1 aromatic carbocycles. The molecule has 2 heterocycles. The number of benzene rings is 1. The minimum absolute atomic E-state index is 0.0311. The van der Waals surface area contributed by atoms with Gasteiger partial charge in [-0.05, 0) is 56.1 Å². The van der Waals surface area contributed by atoms with Crippen LogP contribution in [0, 0.1) is 17.7 Å². The molecule has 26 heavy (non-hydrogen) atoms. The first-order chi connectivity index (χ1) is 12.6. The van der Waals surface area contributed by atoms with E-state index in [1.165, 1.54) is 6.07 Å². The summed E-state index contributed by atoms with van der Waals surface area (Å²) in [6, 6.07) is 7.37. The monoisotopic (exact) mass is 358 g/mol. The number of hydrogen-bond donors (Lipinski definition) is 0. The highest BCUT2D eigenvalue weighted by molar-refractivity contribution is 5.84. The minimum atomic E-state index is -0.127. The van der Waals surface area contributed by atoms with Crippen LogP contribution in [0.2, 0.25) is 0 Å². The molecule has 0 aromatic heterocycles. The van der Waals surface area contributed by atoms with Crippen LogP contribution in [0.5, 0.6) is 0 Å². The van der Waals surface area contributed by atoms with E-state index >= 15 is 0 Å². The quantitative estimate of drug-likeness (QED) is 0.830. The van der Waals surface area contributed by atoms with Gasteiger partial charge in [-0.1, -0.05) is 18.2 Å². The predicted octanol–water partition coefficient (Wildman–Crippen LogP) is 3.01. The van der Waals surface area contributed by atoms with Crippen molar-refractivity contribution in [3.8, 4) is 0 Å². The number of nitrogens with zero attached hydrogens (tertiary/aromatic N) is 2. The predicted molar refractivity (Wildman–Crippen MR) is 96.9 cm³/mol. The minimum Gasteiger partial charge on any atom is -0.342 e. The van der Waals surface area contributed by atoms with Crippen molar-refractivity contribution in [3.05, 3.63) is 35.6 Å². The van der Waals surface area contributed by atoms with E-state index < -0.39 is 0 Å². The maximum absolute atomic E-state index is 13.8. The number of piperidine rings is 2. The summed E-state index contributed by atoms with van der Waals surface area (Å²) < 4.78 is 13.8. The number of carbonyl (C=O) groups excluding carboxylic acids is 2. The van der Waals surface area contributed by atoms with Crippen molar-refractivity contribution in [2.24, 2.45) is 11.8 Å². The molecule has 3 aliphatic rings. The normalized spacial score (nSPS) is 24.8. The summed E-state index contributed by atoms with van der Waals surface area (Å²) >= 11 is 0. The van der Waals surface area contributed by atoms with Crippen molar-refractivity contribution in [3.63, 3.8) is 0 Å². The summed E-state index contributed by atoms with van der Waals surface area (Å²) in [5.41, 5.74) is 0.781. The zero-order chi connectivity index (χ0) is 18.1. The molecule has 5 heteroatoms. The Balaban J connectivity index is 1.29. The molecule has 1 unspecified atom stereocenters. The number of amides is 2. The highest BCUT2D eigenvalue weighted by Gasteiger charge is 2.40. The number of rotatable bonds is 4. The lowest BCUT2D eigenvalue weighted by molar-refractivity contribution is -0.144. The van der Waals surface area contributed by atoms with E-state index in [1.54, 1.807) is 6.07 Å². The van der Waals surface area contributed by atoms with Crippen LogP contribution in [0.3, 0.4) is 0 Å². The van der Waals surface area contributed by atoms with Gasteiger partial charge in [-0.3, -0.25) is 9.59 Å². The number of hydrogen-bond acceptors (Lipinski definition) is 2. The van der Waals surface area contributed by atoms with Crippen LogP contribution in [0.4, 0.5) is 4.39 Å². The van der Waals surface area contributed by atoms with Gasteiger partial charge in [-0.2, -0.15) is 0 Å². The molecule has 1 saturated carbocycles. The lowest BCUT2D eigenvalue weighted by Crippen LogP contribution is -2.49. The molecule has 0 N–H and O–H groups in total. The first-order valence-corrected chi connectivity index (χ1v) is 9.93. The maximum Gasteiger partial charge on any atom is 0.227 e. The Hall–Kier alpha value is -1.91. The summed E-state index contributed by atoms with van der Waals surface area (Å²) in [6.45, 7) is 2.12. The van der Waals surface area contributed by atoms with Crippen LogP contribution >= 0.6 is 0 Å². The molecular formula is C21H27FN2O2. The molecule has 1 aromatic rings. The van der Waals surface area contributed by atoms with Gasteiger partial charge in [0.05, 0.1) is 5.92 Å². The van der Waals surface area contributed by atoms with E-state index in [9.17, 15) is 14.0 Å². The van der Waals surface area contributed by atoms with E-state index in [-0.39, 0.29) is 23.5 Å². The topological polar surface area (TPSA) is 40.6 Å². The molecule has 0 spiro atoms. The fourth-order valence-corrected chi connectivity index (χ4v) is 4.40. The standard InChI is InChI=1S/C21H27FN2O2/c22-19-4-2-1-3-16(19)13-15-9-11-23(12-10-15)21(26)17-5-8-20(25)24(14-17)18-6-7-18/h1-4,15,17-18H,5-14H2. The summed E-state index contributed by atoms with van der Waals surface area (Å²) in [4.78, 5) is 28.8. The maximum atomic E-state index is 13.8. The summed E-state index contributed by atoms with van der Waals surface area (Å²) in [5, 5.41) is 0. The highest BCUT2D eigenvalue weighted by Crippen LogP contribution is 2.33. The number of likely N-dealkylation sites (tertiary alicyclic amines) is 2. The second-order valence-corrected chi connectivity index (χ2v) is 8.08. The van der Waals surface area contributed by atoms with Gasteiger partial charge in [0.2, 0.25) is 11.8 Å². The van der Waals surface area contributed by atoms with Gasteiger partial charge >= 0.3 is 0 Å². The third-order valence-electron chi connectivity index (χ3n) is 6.17. The molecule has 0 radical (unpaired) electrons. The van der Waals surface area contributed by atoms with Crippen LogP contribution in [-0.4, -0.2) is 47.3 Å². The highest BCUT2D eigenvalue weighted by atomic mass is 19.1. The van der Waals surface area contributed by atoms with Crippen LogP contribution in [-0.2, 0) is 16.0 Å². The molecule has 4 rings (SSSR count). The fourth-order valence-electron chi connectivity index (χ4n) is 4.40. The second-order valence-electron chi connectivity index (χ2n) is 8.08. The summed E-state index contributed by atoms with van der Waals surface area (Å²) in [5.74, 6) is 0.717. The average Bonchev–Trinajstić information content (AvgIpc) is 3.49. The van der Waals surface area contributed by atoms with E-state index in [0.29, 0.717) is 31.3 Å². The number of carbonyl (C=O) groups is 2. The SMILES string of the molecule is O=C(C1CCC(=O)N(C2CC2)C1)N1CCC(Cc2ccccc2F)CC1. The zero-order valence-corrected chi connectivity index (χ0v) is 15.2. The first-order valence-electron chi connectivity index (χ1n) is 9.93. The van der Waals surface area contributed by atoms with E-state index in [1.807, 2.05) is 21.9 Å². The van der Waals surface area contributed by atoms with Crippen molar-refractivity contribution in [2.75, 3.05) is 19.6 Å². The zero-order valence-electron chi connectivity index (χ0n) is 15.2. The first kappa shape index (κ1) is 17.5. The molecule has 4 nitrogen and oxygen atoms in total. The molecule has 2 saturated heterocycles. The third kappa shape index (κ3) is 3.76. The van der Waals surface area contributed by atoms with Gasteiger partial charge in [0.15, 0.2) is 0 Å². The molecule has 2 aliphatic heterocycles. The van der Waals surface area contributed by atoms with E-state index in [0.717, 1.165) is 50.8 Å². The lowest BCUT2D eigenvalue weighted by Gasteiger charge is -2.38. The third-order valence-corrected chi connectivity index (χ3v) is 6.17. The van der Waals surface area contributed by atoms with Crippen LogP contribution in [0.25, 0.3) is 0 Å². The van der Waals surface area contributed by atoms with E-state index in [2.05, 4.69) is 0 Å². The Bertz CT molecular complexity index is 680. The van der Waals surface area contributed by atoms with Crippen molar-refractivity contribution in [1.82, 2.24) is 9.80 Å². The summed E-state index contributed by atoms with van der Waals surface area (Å²) in [6.07, 6.45) is 5.99. The fraction of sp³-hybridized carbons (Fsp3) is 0.619. The Labute approximate surface area is 154 Å². The van der Waals surface area contributed by atoms with Crippen molar-refractivity contribution >= 4 is 11.8 Å². The van der Waals surface area contributed by atoms with E-state index in [4.69, 9.17) is 0 Å². The van der Waals surface area contributed by atoms with Crippen molar-refractivity contribution in [1.29, 1.82) is 0 Å². The average molecular weight is 358 g/mol. The van der Waals surface area contributed by atoms with Crippen molar-refractivity contribution in [2.45, 2.75) is 51.0 Å². The molecular weight excluding hydrogens is 331 g/mol. The molecule has 140 valence electrons. The van der Waals surface area contributed by atoms with Gasteiger partial charge in [-0.25, -0.2) is 4.39 Å².